The highest BCUT2D eigenvalue weighted by molar-refractivity contribution is 5.00. The van der Waals surface area contributed by atoms with Gasteiger partial charge in [-0.3, -0.25) is 0 Å². The molecule has 2 aliphatic rings. The van der Waals surface area contributed by atoms with Crippen molar-refractivity contribution in [3.8, 4) is 12.3 Å². The molecule has 3 atom stereocenters. The fourth-order valence-electron chi connectivity index (χ4n) is 2.94. The number of rotatable bonds is 4. The Balaban J connectivity index is 1.79. The summed E-state index contributed by atoms with van der Waals surface area (Å²) < 4.78 is 0. The first-order chi connectivity index (χ1) is 7.33. The van der Waals surface area contributed by atoms with Crippen molar-refractivity contribution in [3.63, 3.8) is 0 Å². The molecule has 84 valence electrons. The average Bonchev–Trinajstić information content (AvgIpc) is 3.10. The summed E-state index contributed by atoms with van der Waals surface area (Å²) in [5.41, 5.74) is 0. The van der Waals surface area contributed by atoms with Crippen LogP contribution in [0.3, 0.4) is 0 Å². The Labute approximate surface area is 94.0 Å². The van der Waals surface area contributed by atoms with Crippen LogP contribution < -0.4 is 5.32 Å². The molecule has 0 aromatic carbocycles. The highest BCUT2D eigenvalue weighted by Gasteiger charge is 2.34. The van der Waals surface area contributed by atoms with Crippen LogP contribution in [-0.4, -0.2) is 12.1 Å². The van der Waals surface area contributed by atoms with E-state index in [0.29, 0.717) is 12.1 Å². The highest BCUT2D eigenvalue weighted by Crippen LogP contribution is 2.43. The zero-order valence-electron chi connectivity index (χ0n) is 9.84. The third-order valence-electron chi connectivity index (χ3n) is 4.05. The number of terminal acetylenes is 1. The van der Waals surface area contributed by atoms with Crippen molar-refractivity contribution in [2.75, 3.05) is 0 Å². The molecule has 0 aromatic heterocycles. The number of hydrogen-bond acceptors (Lipinski definition) is 1. The predicted molar refractivity (Wildman–Crippen MR) is 64.5 cm³/mol. The van der Waals surface area contributed by atoms with Crippen molar-refractivity contribution in [2.24, 2.45) is 11.8 Å². The fraction of sp³-hybridized carbons (Fsp3) is 0.857. The summed E-state index contributed by atoms with van der Waals surface area (Å²) in [6, 6.07) is 0.998. The van der Waals surface area contributed by atoms with Crippen molar-refractivity contribution in [3.05, 3.63) is 0 Å². The standard InChI is InChI=1S/C14H23N/c1-3-13(4-2)15-14-7-5-6-12(10-14)11-8-9-11/h1,11-15H,4-10H2,2H3. The molecule has 0 heterocycles. The molecule has 0 radical (unpaired) electrons. The van der Waals surface area contributed by atoms with Crippen molar-refractivity contribution in [1.29, 1.82) is 0 Å². The van der Waals surface area contributed by atoms with Crippen LogP contribution in [0, 0.1) is 24.2 Å². The lowest BCUT2D eigenvalue weighted by atomic mass is 9.82. The Morgan fingerprint density at radius 3 is 2.67 bits per heavy atom. The summed E-state index contributed by atoms with van der Waals surface area (Å²) in [6.45, 7) is 2.17. The molecule has 15 heavy (non-hydrogen) atoms. The second kappa shape index (κ2) is 5.03. The second-order valence-electron chi connectivity index (χ2n) is 5.26. The van der Waals surface area contributed by atoms with E-state index in [4.69, 9.17) is 6.42 Å². The molecule has 0 aromatic rings. The fourth-order valence-corrected chi connectivity index (χ4v) is 2.94. The van der Waals surface area contributed by atoms with Gasteiger partial charge in [0.25, 0.3) is 0 Å². The van der Waals surface area contributed by atoms with Crippen molar-refractivity contribution in [1.82, 2.24) is 5.32 Å². The first-order valence-corrected chi connectivity index (χ1v) is 6.55. The Morgan fingerprint density at radius 2 is 2.07 bits per heavy atom. The Bertz CT molecular complexity index is 236. The van der Waals surface area contributed by atoms with Crippen LogP contribution >= 0.6 is 0 Å². The lowest BCUT2D eigenvalue weighted by Crippen LogP contribution is -2.40. The van der Waals surface area contributed by atoms with Crippen LogP contribution in [0.1, 0.15) is 51.9 Å². The maximum absolute atomic E-state index is 5.49. The molecule has 2 rings (SSSR count). The topological polar surface area (TPSA) is 12.0 Å². The third kappa shape index (κ3) is 2.98. The lowest BCUT2D eigenvalue weighted by Gasteiger charge is -2.31. The normalized spacial score (nSPS) is 33.3. The van der Waals surface area contributed by atoms with Crippen molar-refractivity contribution >= 4 is 0 Å². The van der Waals surface area contributed by atoms with E-state index in [1.807, 2.05) is 0 Å². The van der Waals surface area contributed by atoms with Gasteiger partial charge in [-0.15, -0.1) is 6.42 Å². The minimum absolute atomic E-state index is 0.299. The van der Waals surface area contributed by atoms with Crippen molar-refractivity contribution < 1.29 is 0 Å². The summed E-state index contributed by atoms with van der Waals surface area (Å²) in [4.78, 5) is 0. The van der Waals surface area contributed by atoms with Gasteiger partial charge in [0.15, 0.2) is 0 Å². The van der Waals surface area contributed by atoms with Crippen LogP contribution in [0.5, 0.6) is 0 Å². The van der Waals surface area contributed by atoms with Gasteiger partial charge < -0.3 is 5.32 Å². The van der Waals surface area contributed by atoms with Gasteiger partial charge in [0.2, 0.25) is 0 Å². The average molecular weight is 205 g/mol. The maximum Gasteiger partial charge on any atom is 0.0686 e. The molecule has 0 saturated heterocycles. The van der Waals surface area contributed by atoms with Gasteiger partial charge in [-0.05, 0) is 43.9 Å². The first-order valence-electron chi connectivity index (χ1n) is 6.55. The van der Waals surface area contributed by atoms with Crippen LogP contribution in [0.15, 0.2) is 0 Å². The van der Waals surface area contributed by atoms with Crippen LogP contribution in [0.2, 0.25) is 0 Å². The highest BCUT2D eigenvalue weighted by atomic mass is 14.9. The van der Waals surface area contributed by atoms with E-state index in [-0.39, 0.29) is 0 Å². The van der Waals surface area contributed by atoms with E-state index in [0.717, 1.165) is 18.3 Å². The molecule has 1 nitrogen and oxygen atoms in total. The van der Waals surface area contributed by atoms with Gasteiger partial charge in [0.1, 0.15) is 0 Å². The van der Waals surface area contributed by atoms with Gasteiger partial charge >= 0.3 is 0 Å². The van der Waals surface area contributed by atoms with E-state index in [1.54, 1.807) is 0 Å². The van der Waals surface area contributed by atoms with Crippen molar-refractivity contribution in [2.45, 2.75) is 64.0 Å². The zero-order valence-corrected chi connectivity index (χ0v) is 9.84. The molecule has 0 spiro atoms. The molecule has 0 bridgehead atoms. The molecular formula is C14H23N. The molecular weight excluding hydrogens is 182 g/mol. The van der Waals surface area contributed by atoms with Crippen LogP contribution in [0.25, 0.3) is 0 Å². The summed E-state index contributed by atoms with van der Waals surface area (Å²) >= 11 is 0. The SMILES string of the molecule is C#CC(CC)NC1CCCC(C2CC2)C1. The third-order valence-corrected chi connectivity index (χ3v) is 4.05. The molecule has 3 unspecified atom stereocenters. The van der Waals surface area contributed by atoms with Gasteiger partial charge in [0, 0.05) is 6.04 Å². The minimum Gasteiger partial charge on any atom is -0.301 e. The summed E-state index contributed by atoms with van der Waals surface area (Å²) in [7, 11) is 0. The molecule has 2 saturated carbocycles. The Kier molecular flexibility index (Phi) is 3.70. The summed E-state index contributed by atoms with van der Waals surface area (Å²) in [5, 5.41) is 3.63. The lowest BCUT2D eigenvalue weighted by molar-refractivity contribution is 0.254. The van der Waals surface area contributed by atoms with E-state index >= 15 is 0 Å². The number of nitrogens with one attached hydrogen (secondary N) is 1. The first kappa shape index (κ1) is 11.0. The zero-order chi connectivity index (χ0) is 10.7. The molecule has 0 aliphatic heterocycles. The van der Waals surface area contributed by atoms with Crippen LogP contribution in [-0.2, 0) is 0 Å². The Morgan fingerprint density at radius 1 is 1.27 bits per heavy atom. The van der Waals surface area contributed by atoms with E-state index in [2.05, 4.69) is 18.2 Å². The molecule has 2 aliphatic carbocycles. The van der Waals surface area contributed by atoms with E-state index in [1.165, 1.54) is 38.5 Å². The largest absolute Gasteiger partial charge is 0.301 e. The quantitative estimate of drug-likeness (QED) is 0.696. The molecule has 2 fully saturated rings. The van der Waals surface area contributed by atoms with Gasteiger partial charge in [-0.1, -0.05) is 25.7 Å². The van der Waals surface area contributed by atoms with Gasteiger partial charge in [-0.25, -0.2) is 0 Å². The Hall–Kier alpha value is -0.480. The number of hydrogen-bond donors (Lipinski definition) is 1. The molecule has 1 N–H and O–H groups in total. The van der Waals surface area contributed by atoms with E-state index < -0.39 is 0 Å². The minimum atomic E-state index is 0.299. The molecule has 0 amide bonds. The van der Waals surface area contributed by atoms with Crippen LogP contribution in [0.4, 0.5) is 0 Å². The summed E-state index contributed by atoms with van der Waals surface area (Å²) in [5.74, 6) is 4.92. The monoisotopic (exact) mass is 205 g/mol. The second-order valence-corrected chi connectivity index (χ2v) is 5.26. The van der Waals surface area contributed by atoms with Gasteiger partial charge in [0.05, 0.1) is 6.04 Å². The van der Waals surface area contributed by atoms with Gasteiger partial charge in [-0.2, -0.15) is 0 Å². The van der Waals surface area contributed by atoms with E-state index in [9.17, 15) is 0 Å². The summed E-state index contributed by atoms with van der Waals surface area (Å²) in [6.07, 6.45) is 15.1. The maximum atomic E-state index is 5.49. The predicted octanol–water partition coefficient (Wildman–Crippen LogP) is 2.96. The smallest absolute Gasteiger partial charge is 0.0686 e. The molecule has 1 heteroatoms.